The van der Waals surface area contributed by atoms with Crippen molar-refractivity contribution < 1.29 is 14.3 Å². The number of amides is 1. The van der Waals surface area contributed by atoms with Crippen LogP contribution in [0.5, 0.6) is 17.8 Å². The zero-order valence-corrected chi connectivity index (χ0v) is 12.2. The van der Waals surface area contributed by atoms with E-state index in [1.165, 1.54) is 6.92 Å². The molecular weight excluding hydrogens is 296 g/mol. The molecule has 21 heavy (non-hydrogen) atoms. The van der Waals surface area contributed by atoms with E-state index in [4.69, 9.17) is 21.1 Å². The number of rotatable bonds is 5. The summed E-state index contributed by atoms with van der Waals surface area (Å²) < 4.78 is 10.7. The molecule has 2 rings (SSSR count). The van der Waals surface area contributed by atoms with Crippen LogP contribution in [0.1, 0.15) is 13.8 Å². The molecular formula is C13H13ClN4O3. The quantitative estimate of drug-likeness (QED) is 0.914. The van der Waals surface area contributed by atoms with E-state index in [0.29, 0.717) is 18.0 Å². The first-order chi connectivity index (χ1) is 10.1. The highest BCUT2D eigenvalue weighted by molar-refractivity contribution is 6.28. The first-order valence-electron chi connectivity index (χ1n) is 6.17. The Balaban J connectivity index is 2.27. The minimum absolute atomic E-state index is 0.0174. The Bertz CT molecular complexity index is 651. The Hall–Kier alpha value is -2.41. The van der Waals surface area contributed by atoms with E-state index in [0.717, 1.165) is 0 Å². The minimum Gasteiger partial charge on any atom is -0.464 e. The van der Waals surface area contributed by atoms with Crippen molar-refractivity contribution in [2.75, 3.05) is 11.9 Å². The third-order valence-corrected chi connectivity index (χ3v) is 2.41. The summed E-state index contributed by atoms with van der Waals surface area (Å²) in [6.07, 6.45) is 0. The van der Waals surface area contributed by atoms with Crippen molar-refractivity contribution in [3.8, 4) is 17.8 Å². The molecule has 0 spiro atoms. The Labute approximate surface area is 126 Å². The highest BCUT2D eigenvalue weighted by Crippen LogP contribution is 2.28. The predicted molar refractivity (Wildman–Crippen MR) is 76.8 cm³/mol. The first kappa shape index (κ1) is 15.0. The van der Waals surface area contributed by atoms with Gasteiger partial charge in [0.1, 0.15) is 0 Å². The lowest BCUT2D eigenvalue weighted by Gasteiger charge is -2.10. The molecule has 0 saturated carbocycles. The Morgan fingerprint density at radius 3 is 2.67 bits per heavy atom. The molecule has 2 aromatic rings. The van der Waals surface area contributed by atoms with Crippen molar-refractivity contribution in [3.05, 3.63) is 29.5 Å². The predicted octanol–water partition coefficient (Wildman–Crippen LogP) is 2.67. The Kier molecular flexibility index (Phi) is 4.89. The molecule has 0 aliphatic rings. The Morgan fingerprint density at radius 2 is 1.95 bits per heavy atom. The fourth-order valence-corrected chi connectivity index (χ4v) is 1.65. The monoisotopic (exact) mass is 308 g/mol. The topological polar surface area (TPSA) is 86.2 Å². The van der Waals surface area contributed by atoms with Gasteiger partial charge in [-0.2, -0.15) is 9.97 Å². The van der Waals surface area contributed by atoms with Crippen molar-refractivity contribution in [1.29, 1.82) is 0 Å². The van der Waals surface area contributed by atoms with E-state index in [1.54, 1.807) is 31.2 Å². The number of hydrogen-bond donors (Lipinski definition) is 1. The molecule has 110 valence electrons. The standard InChI is InChI=1S/C13H13ClN4O3/c1-3-20-12-16-11(14)17-13(18-12)21-10-7-5-4-6-9(10)15-8(2)19/h4-7H,3H2,1-2H3,(H,15,19). The maximum Gasteiger partial charge on any atom is 0.329 e. The molecule has 0 bridgehead atoms. The van der Waals surface area contributed by atoms with Crippen LogP contribution >= 0.6 is 11.6 Å². The van der Waals surface area contributed by atoms with Gasteiger partial charge in [0.2, 0.25) is 11.2 Å². The summed E-state index contributed by atoms with van der Waals surface area (Å²) in [7, 11) is 0. The lowest BCUT2D eigenvalue weighted by atomic mass is 10.3. The molecule has 0 saturated heterocycles. The fraction of sp³-hybridized carbons (Fsp3) is 0.231. The number of benzene rings is 1. The van der Waals surface area contributed by atoms with Crippen LogP contribution in [-0.2, 0) is 4.79 Å². The summed E-state index contributed by atoms with van der Waals surface area (Å²) in [6, 6.07) is 6.95. The molecule has 1 amide bonds. The molecule has 1 N–H and O–H groups in total. The fourth-order valence-electron chi connectivity index (χ4n) is 1.50. The van der Waals surface area contributed by atoms with Gasteiger partial charge in [-0.15, -0.1) is 4.98 Å². The van der Waals surface area contributed by atoms with E-state index in [1.807, 2.05) is 0 Å². The summed E-state index contributed by atoms with van der Waals surface area (Å²) in [5.41, 5.74) is 0.500. The van der Waals surface area contributed by atoms with E-state index >= 15 is 0 Å². The largest absolute Gasteiger partial charge is 0.464 e. The second kappa shape index (κ2) is 6.85. The zero-order valence-electron chi connectivity index (χ0n) is 11.5. The van der Waals surface area contributed by atoms with Gasteiger partial charge < -0.3 is 14.8 Å². The number of anilines is 1. The number of hydrogen-bond acceptors (Lipinski definition) is 6. The van der Waals surface area contributed by atoms with Gasteiger partial charge in [0, 0.05) is 6.92 Å². The summed E-state index contributed by atoms with van der Waals surface area (Å²) in [5, 5.41) is 2.61. The van der Waals surface area contributed by atoms with Crippen molar-refractivity contribution in [3.63, 3.8) is 0 Å². The van der Waals surface area contributed by atoms with Crippen LogP contribution in [0, 0.1) is 0 Å². The van der Waals surface area contributed by atoms with Crippen LogP contribution in [-0.4, -0.2) is 27.5 Å². The third kappa shape index (κ3) is 4.28. The van der Waals surface area contributed by atoms with Crippen molar-refractivity contribution >= 4 is 23.2 Å². The number of halogens is 1. The van der Waals surface area contributed by atoms with Gasteiger partial charge in [-0.3, -0.25) is 4.79 Å². The summed E-state index contributed by atoms with van der Waals surface area (Å²) in [6.45, 7) is 3.59. The maximum atomic E-state index is 11.2. The van der Waals surface area contributed by atoms with E-state index in [-0.39, 0.29) is 23.2 Å². The third-order valence-electron chi connectivity index (χ3n) is 2.24. The summed E-state index contributed by atoms with van der Waals surface area (Å²) in [5.74, 6) is 0.173. The molecule has 7 nitrogen and oxygen atoms in total. The molecule has 8 heteroatoms. The Morgan fingerprint density at radius 1 is 1.24 bits per heavy atom. The normalized spacial score (nSPS) is 10.0. The molecule has 0 radical (unpaired) electrons. The number of para-hydroxylation sites is 2. The first-order valence-corrected chi connectivity index (χ1v) is 6.55. The van der Waals surface area contributed by atoms with Crippen molar-refractivity contribution in [1.82, 2.24) is 15.0 Å². The van der Waals surface area contributed by atoms with Gasteiger partial charge in [-0.1, -0.05) is 12.1 Å². The summed E-state index contributed by atoms with van der Waals surface area (Å²) in [4.78, 5) is 22.8. The van der Waals surface area contributed by atoms with Crippen molar-refractivity contribution in [2.45, 2.75) is 13.8 Å². The number of ether oxygens (including phenoxy) is 2. The van der Waals surface area contributed by atoms with Gasteiger partial charge in [-0.05, 0) is 30.7 Å². The highest BCUT2D eigenvalue weighted by atomic mass is 35.5. The van der Waals surface area contributed by atoms with Gasteiger partial charge in [0.05, 0.1) is 12.3 Å². The molecule has 1 aromatic carbocycles. The van der Waals surface area contributed by atoms with E-state index < -0.39 is 0 Å². The second-order valence-electron chi connectivity index (χ2n) is 3.88. The molecule has 0 unspecified atom stereocenters. The van der Waals surface area contributed by atoms with E-state index in [9.17, 15) is 4.79 Å². The average Bonchev–Trinajstić information content (AvgIpc) is 2.40. The number of nitrogens with zero attached hydrogens (tertiary/aromatic N) is 3. The number of carbonyl (C=O) groups excluding carboxylic acids is 1. The maximum absolute atomic E-state index is 11.2. The van der Waals surface area contributed by atoms with Crippen molar-refractivity contribution in [2.24, 2.45) is 0 Å². The van der Waals surface area contributed by atoms with Crippen LogP contribution in [0.3, 0.4) is 0 Å². The van der Waals surface area contributed by atoms with Gasteiger partial charge >= 0.3 is 12.0 Å². The lowest BCUT2D eigenvalue weighted by molar-refractivity contribution is -0.114. The van der Waals surface area contributed by atoms with Gasteiger partial charge in [0.15, 0.2) is 5.75 Å². The minimum atomic E-state index is -0.213. The van der Waals surface area contributed by atoms with Crippen LogP contribution in [0.4, 0.5) is 5.69 Å². The van der Waals surface area contributed by atoms with Crippen LogP contribution in [0.25, 0.3) is 0 Å². The van der Waals surface area contributed by atoms with Crippen LogP contribution < -0.4 is 14.8 Å². The molecule has 1 heterocycles. The number of nitrogens with one attached hydrogen (secondary N) is 1. The molecule has 0 aliphatic heterocycles. The molecule has 0 aliphatic carbocycles. The zero-order chi connectivity index (χ0) is 15.2. The molecule has 0 atom stereocenters. The molecule has 0 fully saturated rings. The van der Waals surface area contributed by atoms with Gasteiger partial charge in [0.25, 0.3) is 0 Å². The SMILES string of the molecule is CCOc1nc(Cl)nc(Oc2ccccc2NC(C)=O)n1. The summed E-state index contributed by atoms with van der Waals surface area (Å²) >= 11 is 5.78. The highest BCUT2D eigenvalue weighted by Gasteiger charge is 2.11. The average molecular weight is 309 g/mol. The van der Waals surface area contributed by atoms with Crippen LogP contribution in [0.15, 0.2) is 24.3 Å². The van der Waals surface area contributed by atoms with Gasteiger partial charge in [-0.25, -0.2) is 0 Å². The number of carbonyl (C=O) groups is 1. The molecule has 1 aromatic heterocycles. The smallest absolute Gasteiger partial charge is 0.329 e. The lowest BCUT2D eigenvalue weighted by Crippen LogP contribution is -2.07. The van der Waals surface area contributed by atoms with Crippen LogP contribution in [0.2, 0.25) is 5.28 Å². The number of aromatic nitrogens is 3. The second-order valence-corrected chi connectivity index (χ2v) is 4.22. The van der Waals surface area contributed by atoms with E-state index in [2.05, 4.69) is 20.3 Å².